The minimum absolute atomic E-state index is 0.0273. The van der Waals surface area contributed by atoms with Crippen molar-refractivity contribution in [3.63, 3.8) is 0 Å². The zero-order valence-corrected chi connectivity index (χ0v) is 14.1. The van der Waals surface area contributed by atoms with Crippen molar-refractivity contribution >= 4 is 34.9 Å². The summed E-state index contributed by atoms with van der Waals surface area (Å²) in [4.78, 5) is 26.2. The summed E-state index contributed by atoms with van der Waals surface area (Å²) >= 11 is 12.0. The van der Waals surface area contributed by atoms with E-state index in [0.717, 1.165) is 4.68 Å². The summed E-state index contributed by atoms with van der Waals surface area (Å²) in [6.07, 6.45) is 0. The van der Waals surface area contributed by atoms with Gasteiger partial charge in [0.05, 0.1) is 0 Å². The molecule has 0 atom stereocenters. The minimum Gasteiger partial charge on any atom is -0.295 e. The molecule has 1 amide bonds. The van der Waals surface area contributed by atoms with E-state index in [-0.39, 0.29) is 16.0 Å². The first-order valence-electron chi connectivity index (χ1n) is 6.68. The van der Waals surface area contributed by atoms with Gasteiger partial charge in [-0.05, 0) is 22.6 Å². The van der Waals surface area contributed by atoms with Crippen molar-refractivity contribution in [1.82, 2.24) is 29.6 Å². The number of amides is 1. The highest BCUT2D eigenvalue weighted by Crippen LogP contribution is 2.25. The smallest absolute Gasteiger partial charge is 0.295 e. The molecule has 3 aromatic rings. The molecule has 0 aliphatic rings. The van der Waals surface area contributed by atoms with Crippen molar-refractivity contribution in [3.8, 4) is 5.69 Å². The van der Waals surface area contributed by atoms with Crippen LogP contribution in [0.2, 0.25) is 10.3 Å². The largest absolute Gasteiger partial charge is 0.377 e. The first-order valence-corrected chi connectivity index (χ1v) is 7.44. The first kappa shape index (κ1) is 16.2. The van der Waals surface area contributed by atoms with E-state index >= 15 is 0 Å². The van der Waals surface area contributed by atoms with Crippen LogP contribution in [0.1, 0.15) is 0 Å². The Morgan fingerprint density at radius 3 is 2.42 bits per heavy atom. The fraction of sp³-hybridized carbons (Fsp3) is 0.154. The quantitative estimate of drug-likeness (QED) is 0.641. The van der Waals surface area contributed by atoms with E-state index in [4.69, 9.17) is 23.2 Å². The summed E-state index contributed by atoms with van der Waals surface area (Å²) < 4.78 is 2.73. The summed E-state index contributed by atoms with van der Waals surface area (Å²) in [6.45, 7) is 0. The molecule has 0 spiro atoms. The predicted molar refractivity (Wildman–Crippen MR) is 88.0 cm³/mol. The molecule has 0 N–H and O–H groups in total. The van der Waals surface area contributed by atoms with Crippen molar-refractivity contribution in [2.45, 2.75) is 0 Å². The molecule has 1 aromatic carbocycles. The summed E-state index contributed by atoms with van der Waals surface area (Å²) in [7, 11) is 3.08. The maximum absolute atomic E-state index is 12.5. The van der Waals surface area contributed by atoms with Gasteiger partial charge in [-0.25, -0.2) is 9.59 Å². The summed E-state index contributed by atoms with van der Waals surface area (Å²) in [5.41, 5.74) is -0.145. The van der Waals surface area contributed by atoms with Crippen LogP contribution in [-0.4, -0.2) is 42.6 Å². The van der Waals surface area contributed by atoms with Crippen molar-refractivity contribution in [2.24, 2.45) is 7.05 Å². The van der Waals surface area contributed by atoms with E-state index in [1.807, 2.05) is 6.07 Å². The van der Waals surface area contributed by atoms with Crippen molar-refractivity contribution in [1.29, 1.82) is 0 Å². The van der Waals surface area contributed by atoms with Crippen molar-refractivity contribution in [3.05, 3.63) is 51.1 Å². The number of carbonyl (C=O) groups is 1. The van der Waals surface area contributed by atoms with Crippen molar-refractivity contribution < 1.29 is 4.79 Å². The monoisotopic (exact) mass is 367 g/mol. The predicted octanol–water partition coefficient (Wildman–Crippen LogP) is 1.57. The van der Waals surface area contributed by atoms with Crippen LogP contribution in [0.15, 0.2) is 35.1 Å². The van der Waals surface area contributed by atoms with Gasteiger partial charge in [0.15, 0.2) is 10.3 Å². The Morgan fingerprint density at radius 2 is 1.83 bits per heavy atom. The molecule has 0 aliphatic carbocycles. The van der Waals surface area contributed by atoms with Gasteiger partial charge >= 0.3 is 11.7 Å². The number of para-hydroxylation sites is 1. The molecule has 0 saturated carbocycles. The van der Waals surface area contributed by atoms with E-state index in [9.17, 15) is 9.59 Å². The SMILES string of the molecule is CN(C(=O)n1nnn(-c2c(Cl)nn(C)c2Cl)c1=O)c1ccccc1. The van der Waals surface area contributed by atoms with Crippen LogP contribution in [0, 0.1) is 0 Å². The number of anilines is 1. The number of hydrogen-bond donors (Lipinski definition) is 0. The number of nitrogens with zero attached hydrogens (tertiary/aromatic N) is 7. The summed E-state index contributed by atoms with van der Waals surface area (Å²) in [5, 5.41) is 11.2. The van der Waals surface area contributed by atoms with E-state index in [1.165, 1.54) is 16.6 Å². The van der Waals surface area contributed by atoms with Crippen LogP contribution in [0.5, 0.6) is 0 Å². The molecule has 124 valence electrons. The number of rotatable bonds is 2. The second kappa shape index (κ2) is 6.10. The molecular formula is C13H11Cl2N7O2. The van der Waals surface area contributed by atoms with Gasteiger partial charge in [0.2, 0.25) is 0 Å². The third-order valence-corrected chi connectivity index (χ3v) is 4.00. The van der Waals surface area contributed by atoms with Gasteiger partial charge in [-0.15, -0.1) is 4.68 Å². The number of aromatic nitrogens is 6. The fourth-order valence-electron chi connectivity index (χ4n) is 2.05. The number of halogens is 2. The van der Waals surface area contributed by atoms with Gasteiger partial charge < -0.3 is 0 Å². The van der Waals surface area contributed by atoms with Crippen LogP contribution in [-0.2, 0) is 7.05 Å². The lowest BCUT2D eigenvalue weighted by molar-refractivity contribution is 0.245. The standard InChI is InChI=1S/C13H11Cl2N7O2/c1-19(8-6-4-3-5-7-8)12(23)22-13(24)21(17-18-22)9-10(14)16-20(2)11(9)15/h3-7H,1-2H3. The fourth-order valence-corrected chi connectivity index (χ4v) is 2.59. The average molecular weight is 368 g/mol. The molecule has 3 rings (SSSR count). The Morgan fingerprint density at radius 1 is 1.17 bits per heavy atom. The van der Waals surface area contributed by atoms with E-state index in [0.29, 0.717) is 10.4 Å². The normalized spacial score (nSPS) is 10.8. The zero-order chi connectivity index (χ0) is 17.4. The number of benzene rings is 1. The van der Waals surface area contributed by atoms with E-state index in [1.54, 1.807) is 31.3 Å². The molecule has 2 heterocycles. The van der Waals surface area contributed by atoms with Crippen LogP contribution in [0.3, 0.4) is 0 Å². The molecule has 11 heteroatoms. The summed E-state index contributed by atoms with van der Waals surface area (Å²) in [6, 6.07) is 8.14. The molecule has 9 nitrogen and oxygen atoms in total. The molecule has 0 aliphatic heterocycles. The number of aryl methyl sites for hydroxylation is 1. The van der Waals surface area contributed by atoms with Crippen LogP contribution in [0.25, 0.3) is 5.69 Å². The number of tetrazole rings is 1. The zero-order valence-electron chi connectivity index (χ0n) is 12.6. The topological polar surface area (TPSA) is 90.8 Å². The van der Waals surface area contributed by atoms with Gasteiger partial charge in [-0.3, -0.25) is 9.58 Å². The Bertz CT molecular complexity index is 961. The van der Waals surface area contributed by atoms with Gasteiger partial charge in [-0.2, -0.15) is 9.78 Å². The van der Waals surface area contributed by atoms with Crippen LogP contribution >= 0.6 is 23.2 Å². The highest BCUT2D eigenvalue weighted by molar-refractivity contribution is 6.36. The maximum atomic E-state index is 12.5. The van der Waals surface area contributed by atoms with E-state index in [2.05, 4.69) is 15.5 Å². The molecule has 2 aromatic heterocycles. The highest BCUT2D eigenvalue weighted by atomic mass is 35.5. The molecule has 0 saturated heterocycles. The lowest BCUT2D eigenvalue weighted by Crippen LogP contribution is -2.38. The van der Waals surface area contributed by atoms with Crippen LogP contribution < -0.4 is 10.6 Å². The minimum atomic E-state index is -0.806. The molecule has 0 bridgehead atoms. The molecule has 0 unspecified atom stereocenters. The Labute approximate surface area is 145 Å². The number of carbonyl (C=O) groups excluding carboxylic acids is 1. The molecule has 0 radical (unpaired) electrons. The maximum Gasteiger partial charge on any atom is 0.377 e. The van der Waals surface area contributed by atoms with Gasteiger partial charge in [-0.1, -0.05) is 41.4 Å². The molecule has 0 fully saturated rings. The van der Waals surface area contributed by atoms with E-state index < -0.39 is 11.7 Å². The lowest BCUT2D eigenvalue weighted by Gasteiger charge is -2.15. The lowest BCUT2D eigenvalue weighted by atomic mass is 10.3. The second-order valence-corrected chi connectivity index (χ2v) is 5.53. The highest BCUT2D eigenvalue weighted by Gasteiger charge is 2.24. The number of hydrogen-bond acceptors (Lipinski definition) is 5. The Hall–Kier alpha value is -2.65. The van der Waals surface area contributed by atoms with Gasteiger partial charge in [0.1, 0.15) is 5.69 Å². The van der Waals surface area contributed by atoms with Gasteiger partial charge in [0.25, 0.3) is 0 Å². The van der Waals surface area contributed by atoms with Crippen molar-refractivity contribution in [2.75, 3.05) is 11.9 Å². The molecule has 24 heavy (non-hydrogen) atoms. The third-order valence-electron chi connectivity index (χ3n) is 3.32. The molecular weight excluding hydrogens is 357 g/mol. The van der Waals surface area contributed by atoms with Gasteiger partial charge in [0, 0.05) is 19.8 Å². The first-order chi connectivity index (χ1) is 11.4. The average Bonchev–Trinajstić information content (AvgIpc) is 3.06. The Kier molecular flexibility index (Phi) is 4.12. The van der Waals surface area contributed by atoms with Crippen LogP contribution in [0.4, 0.5) is 10.5 Å². The third kappa shape index (κ3) is 2.57. The Balaban J connectivity index is 2.02. The second-order valence-electron chi connectivity index (χ2n) is 4.82. The summed E-state index contributed by atoms with van der Waals surface area (Å²) in [5.74, 6) is 0.